The first-order chi connectivity index (χ1) is 30.8. The van der Waals surface area contributed by atoms with Crippen LogP contribution in [0.25, 0.3) is 82.4 Å². The maximum absolute atomic E-state index is 5.16. The molecule has 0 fully saturated rings. The second-order valence-corrected chi connectivity index (χ2v) is 20.0. The monoisotopic (exact) mass is 807 g/mol. The summed E-state index contributed by atoms with van der Waals surface area (Å²) in [6.45, 7) is 0. The summed E-state index contributed by atoms with van der Waals surface area (Å²) in [7, 11) is -3.05. The fourth-order valence-electron chi connectivity index (χ4n) is 10.5. The number of benzene rings is 8. The predicted molar refractivity (Wildman–Crippen MR) is 260 cm³/mol. The summed E-state index contributed by atoms with van der Waals surface area (Å²) < 4.78 is 7.10. The lowest BCUT2D eigenvalue weighted by Gasteiger charge is -2.35. The van der Waals surface area contributed by atoms with E-state index in [9.17, 15) is 0 Å². The SMILES string of the molecule is c1ccc(-n2c3ccccc3c3ccc4c5cccnc5n(-c5cccc([Si](c6ccccc6)(c6ccccc6)c6ccc7c8ccccc8n8ccnc8c7c6)c5)c4c32)cc1. The predicted octanol–water partition coefficient (Wildman–Crippen LogP) is 10.6. The van der Waals surface area contributed by atoms with Crippen molar-refractivity contribution in [2.24, 2.45) is 0 Å². The van der Waals surface area contributed by atoms with E-state index in [0.717, 1.165) is 44.5 Å². The number of fused-ring (bicyclic) bond motifs is 13. The Morgan fingerprint density at radius 2 is 0.871 bits per heavy atom. The van der Waals surface area contributed by atoms with E-state index < -0.39 is 8.07 Å². The van der Waals surface area contributed by atoms with Gasteiger partial charge in [0.1, 0.15) is 11.3 Å². The molecule has 0 spiro atoms. The molecule has 13 aromatic rings. The number of pyridine rings is 2. The highest BCUT2D eigenvalue weighted by Crippen LogP contribution is 2.41. The molecule has 13 rings (SSSR count). The van der Waals surface area contributed by atoms with Crippen molar-refractivity contribution in [3.8, 4) is 11.4 Å². The molecule has 0 N–H and O–H groups in total. The quantitative estimate of drug-likeness (QED) is 0.0954. The van der Waals surface area contributed by atoms with E-state index in [4.69, 9.17) is 9.97 Å². The third kappa shape index (κ3) is 4.84. The highest BCUT2D eigenvalue weighted by Gasteiger charge is 2.42. The van der Waals surface area contributed by atoms with Gasteiger partial charge in [-0.15, -0.1) is 0 Å². The Labute approximate surface area is 358 Å². The molecule has 62 heavy (non-hydrogen) atoms. The van der Waals surface area contributed by atoms with Crippen LogP contribution in [0.4, 0.5) is 0 Å². The summed E-state index contributed by atoms with van der Waals surface area (Å²) in [6, 6.07) is 76.0. The molecule has 0 saturated carbocycles. The van der Waals surface area contributed by atoms with Crippen LogP contribution in [0, 0.1) is 0 Å². The first kappa shape index (κ1) is 34.8. The van der Waals surface area contributed by atoms with E-state index >= 15 is 0 Å². The van der Waals surface area contributed by atoms with E-state index in [1.165, 1.54) is 58.7 Å². The van der Waals surface area contributed by atoms with Crippen molar-refractivity contribution in [3.05, 3.63) is 225 Å². The molecule has 6 heteroatoms. The fourth-order valence-corrected chi connectivity index (χ4v) is 15.3. The molecule has 5 aromatic heterocycles. The molecular weight excluding hydrogens is 771 g/mol. The van der Waals surface area contributed by atoms with Crippen LogP contribution in [0.1, 0.15) is 0 Å². The lowest BCUT2D eigenvalue weighted by molar-refractivity contribution is 1.12. The van der Waals surface area contributed by atoms with Crippen LogP contribution in [-0.4, -0.2) is 31.6 Å². The maximum Gasteiger partial charge on any atom is 0.179 e. The standard InChI is InChI=1S/C56H37N5Si/c1-4-16-38(17-5-1)60-52-28-13-11-25-46(52)47-31-32-48-49-26-15-33-57-56(49)61(54(48)53(47)60)39-18-14-23-42(36-39)62(40-19-6-2-7-20-40,41-21-8-3-9-22-41)43-29-30-44-45-24-10-12-27-51(45)59-35-34-58-55(59)50(44)37-43/h1-37H. The molecule has 5 heterocycles. The van der Waals surface area contributed by atoms with Gasteiger partial charge in [0.25, 0.3) is 0 Å². The summed E-state index contributed by atoms with van der Waals surface area (Å²) in [5.74, 6) is 0. The topological polar surface area (TPSA) is 40.0 Å². The van der Waals surface area contributed by atoms with Crippen molar-refractivity contribution in [2.75, 3.05) is 0 Å². The number of para-hydroxylation sites is 3. The lowest BCUT2D eigenvalue weighted by atomic mass is 10.1. The Bertz CT molecular complexity index is 3830. The lowest BCUT2D eigenvalue weighted by Crippen LogP contribution is -2.74. The number of aromatic nitrogens is 5. The van der Waals surface area contributed by atoms with Crippen LogP contribution in [0.5, 0.6) is 0 Å². The van der Waals surface area contributed by atoms with Gasteiger partial charge in [0, 0.05) is 62.3 Å². The molecule has 0 radical (unpaired) electrons. The van der Waals surface area contributed by atoms with Gasteiger partial charge in [-0.05, 0) is 74.7 Å². The van der Waals surface area contributed by atoms with E-state index in [0.29, 0.717) is 0 Å². The molecule has 290 valence electrons. The van der Waals surface area contributed by atoms with Crippen LogP contribution in [0.3, 0.4) is 0 Å². The van der Waals surface area contributed by atoms with Gasteiger partial charge >= 0.3 is 0 Å². The van der Waals surface area contributed by atoms with Crippen LogP contribution in [0.2, 0.25) is 0 Å². The van der Waals surface area contributed by atoms with Gasteiger partial charge in [-0.25, -0.2) is 9.97 Å². The molecule has 0 unspecified atom stereocenters. The molecule has 0 aliphatic heterocycles. The Balaban J connectivity index is 1.16. The van der Waals surface area contributed by atoms with E-state index in [1.807, 2.05) is 12.4 Å². The first-order valence-electron chi connectivity index (χ1n) is 21.2. The maximum atomic E-state index is 5.16. The molecule has 0 amide bonds. The van der Waals surface area contributed by atoms with Gasteiger partial charge < -0.3 is 4.57 Å². The minimum Gasteiger partial charge on any atom is -0.307 e. The summed E-state index contributed by atoms with van der Waals surface area (Å²) in [5, 5.41) is 13.5. The smallest absolute Gasteiger partial charge is 0.179 e. The Morgan fingerprint density at radius 3 is 1.63 bits per heavy atom. The zero-order chi connectivity index (χ0) is 40.8. The normalized spacial score (nSPS) is 12.2. The first-order valence-corrected chi connectivity index (χ1v) is 23.2. The van der Waals surface area contributed by atoms with E-state index in [-0.39, 0.29) is 0 Å². The average molecular weight is 808 g/mol. The van der Waals surface area contributed by atoms with Crippen molar-refractivity contribution in [2.45, 2.75) is 0 Å². The Hall–Kier alpha value is -8.06. The zero-order valence-electron chi connectivity index (χ0n) is 33.6. The molecule has 0 bridgehead atoms. The molecule has 0 aliphatic rings. The molecular formula is C56H37N5Si. The minimum atomic E-state index is -3.05. The number of rotatable bonds is 6. The Kier molecular flexibility index (Phi) is 7.56. The van der Waals surface area contributed by atoms with Crippen LogP contribution < -0.4 is 20.7 Å². The fraction of sp³-hybridized carbons (Fsp3) is 0. The van der Waals surface area contributed by atoms with Crippen molar-refractivity contribution in [1.82, 2.24) is 23.5 Å². The molecule has 0 atom stereocenters. The molecule has 5 nitrogen and oxygen atoms in total. The second-order valence-electron chi connectivity index (χ2n) is 16.2. The second kappa shape index (κ2) is 13.5. The molecule has 0 saturated heterocycles. The van der Waals surface area contributed by atoms with Crippen molar-refractivity contribution in [3.63, 3.8) is 0 Å². The molecule has 0 aliphatic carbocycles. The highest BCUT2D eigenvalue weighted by molar-refractivity contribution is 7.20. The third-order valence-electron chi connectivity index (χ3n) is 13.1. The van der Waals surface area contributed by atoms with Gasteiger partial charge in [-0.1, -0.05) is 158 Å². The van der Waals surface area contributed by atoms with E-state index in [2.05, 4.69) is 226 Å². The zero-order valence-corrected chi connectivity index (χ0v) is 34.6. The van der Waals surface area contributed by atoms with Crippen molar-refractivity contribution >= 4 is 99.9 Å². The van der Waals surface area contributed by atoms with Crippen LogP contribution in [-0.2, 0) is 0 Å². The summed E-state index contributed by atoms with van der Waals surface area (Å²) in [6.07, 6.45) is 5.93. The van der Waals surface area contributed by atoms with Gasteiger partial charge in [-0.3, -0.25) is 8.97 Å². The van der Waals surface area contributed by atoms with E-state index in [1.54, 1.807) is 0 Å². The number of hydrogen-bond donors (Lipinski definition) is 0. The largest absolute Gasteiger partial charge is 0.307 e. The van der Waals surface area contributed by atoms with Gasteiger partial charge in [-0.2, -0.15) is 0 Å². The number of nitrogens with zero attached hydrogens (tertiary/aromatic N) is 5. The summed E-state index contributed by atoms with van der Waals surface area (Å²) >= 11 is 0. The van der Waals surface area contributed by atoms with Gasteiger partial charge in [0.15, 0.2) is 8.07 Å². The number of hydrogen-bond acceptors (Lipinski definition) is 2. The van der Waals surface area contributed by atoms with Crippen molar-refractivity contribution in [1.29, 1.82) is 0 Å². The highest BCUT2D eigenvalue weighted by atomic mass is 28.3. The summed E-state index contributed by atoms with van der Waals surface area (Å²) in [5.41, 5.74) is 8.73. The van der Waals surface area contributed by atoms with Crippen molar-refractivity contribution < 1.29 is 0 Å². The summed E-state index contributed by atoms with van der Waals surface area (Å²) in [4.78, 5) is 10.1. The van der Waals surface area contributed by atoms with Gasteiger partial charge in [0.2, 0.25) is 0 Å². The third-order valence-corrected chi connectivity index (χ3v) is 17.8. The average Bonchev–Trinajstić information content (AvgIpc) is 4.07. The van der Waals surface area contributed by atoms with Crippen LogP contribution in [0.15, 0.2) is 225 Å². The minimum absolute atomic E-state index is 0.933. The van der Waals surface area contributed by atoms with Crippen LogP contribution >= 0.6 is 0 Å². The number of imidazole rings is 1. The molecule has 8 aromatic carbocycles. The van der Waals surface area contributed by atoms with Gasteiger partial charge in [0.05, 0.1) is 22.1 Å². The Morgan fingerprint density at radius 1 is 0.323 bits per heavy atom.